The second-order valence-corrected chi connectivity index (χ2v) is 6.15. The molecule has 3 aromatic rings. The van der Waals surface area contributed by atoms with Gasteiger partial charge in [-0.1, -0.05) is 30.3 Å². The molecule has 0 aliphatic heterocycles. The first kappa shape index (κ1) is 18.4. The van der Waals surface area contributed by atoms with Crippen LogP contribution in [-0.2, 0) is 6.54 Å². The molecule has 0 bridgehead atoms. The van der Waals surface area contributed by atoms with E-state index < -0.39 is 0 Å². The summed E-state index contributed by atoms with van der Waals surface area (Å²) in [7, 11) is 1.64. The molecule has 0 spiro atoms. The molecular weight excluding hydrogens is 340 g/mol. The number of nitrogens with one attached hydrogen (secondary N) is 2. The van der Waals surface area contributed by atoms with Crippen molar-refractivity contribution in [2.45, 2.75) is 20.4 Å². The van der Waals surface area contributed by atoms with Gasteiger partial charge in [0.15, 0.2) is 0 Å². The molecule has 138 valence electrons. The van der Waals surface area contributed by atoms with Gasteiger partial charge in [-0.25, -0.2) is 9.97 Å². The zero-order chi connectivity index (χ0) is 19.2. The highest BCUT2D eigenvalue weighted by molar-refractivity contribution is 6.03. The van der Waals surface area contributed by atoms with Crippen molar-refractivity contribution >= 4 is 17.4 Å². The van der Waals surface area contributed by atoms with Gasteiger partial charge in [-0.15, -0.1) is 0 Å². The standard InChI is InChI=1S/C21H22N4O2/c1-14-7-6-9-17(15(14)2)25-21(26)18-12-24-20(13-22-18)23-11-16-8-4-5-10-19(16)27-3/h4-10,12-13H,11H2,1-3H3,(H,23,24)(H,25,26). The summed E-state index contributed by atoms with van der Waals surface area (Å²) in [4.78, 5) is 20.9. The molecule has 1 aromatic heterocycles. The van der Waals surface area contributed by atoms with Crippen LogP contribution in [0.25, 0.3) is 0 Å². The highest BCUT2D eigenvalue weighted by Gasteiger charge is 2.11. The van der Waals surface area contributed by atoms with Gasteiger partial charge in [0.25, 0.3) is 5.91 Å². The van der Waals surface area contributed by atoms with Gasteiger partial charge in [0.1, 0.15) is 17.3 Å². The van der Waals surface area contributed by atoms with E-state index in [0.717, 1.165) is 28.1 Å². The van der Waals surface area contributed by atoms with Crippen LogP contribution >= 0.6 is 0 Å². The molecule has 0 aliphatic carbocycles. The summed E-state index contributed by atoms with van der Waals surface area (Å²) in [6.07, 6.45) is 3.01. The molecule has 1 amide bonds. The van der Waals surface area contributed by atoms with E-state index in [1.807, 2.05) is 56.3 Å². The van der Waals surface area contributed by atoms with E-state index in [-0.39, 0.29) is 11.6 Å². The van der Waals surface area contributed by atoms with Crippen LogP contribution in [0.3, 0.4) is 0 Å². The van der Waals surface area contributed by atoms with Crippen molar-refractivity contribution in [3.05, 3.63) is 77.2 Å². The number of hydrogen-bond donors (Lipinski definition) is 2. The van der Waals surface area contributed by atoms with Gasteiger partial charge in [-0.3, -0.25) is 4.79 Å². The minimum Gasteiger partial charge on any atom is -0.496 e. The average molecular weight is 362 g/mol. The Balaban J connectivity index is 1.64. The third-order valence-corrected chi connectivity index (χ3v) is 4.39. The minimum absolute atomic E-state index is 0.263. The molecular formula is C21H22N4O2. The van der Waals surface area contributed by atoms with Gasteiger partial charge < -0.3 is 15.4 Å². The molecule has 0 saturated heterocycles. The van der Waals surface area contributed by atoms with Gasteiger partial charge in [0.05, 0.1) is 19.5 Å². The molecule has 0 radical (unpaired) electrons. The number of carbonyl (C=O) groups is 1. The monoisotopic (exact) mass is 362 g/mol. The lowest BCUT2D eigenvalue weighted by molar-refractivity contribution is 0.102. The zero-order valence-corrected chi connectivity index (χ0v) is 15.6. The van der Waals surface area contributed by atoms with Gasteiger partial charge in [0, 0.05) is 17.8 Å². The van der Waals surface area contributed by atoms with Crippen molar-refractivity contribution in [2.75, 3.05) is 17.7 Å². The van der Waals surface area contributed by atoms with Crippen LogP contribution in [-0.4, -0.2) is 23.0 Å². The van der Waals surface area contributed by atoms with E-state index in [4.69, 9.17) is 4.74 Å². The molecule has 2 aromatic carbocycles. The lowest BCUT2D eigenvalue weighted by Gasteiger charge is -2.11. The number of anilines is 2. The number of rotatable bonds is 6. The van der Waals surface area contributed by atoms with Crippen LogP contribution in [0.4, 0.5) is 11.5 Å². The summed E-state index contributed by atoms with van der Waals surface area (Å²) in [6, 6.07) is 13.5. The van der Waals surface area contributed by atoms with E-state index in [0.29, 0.717) is 12.4 Å². The summed E-state index contributed by atoms with van der Waals surface area (Å²) in [5, 5.41) is 6.06. The molecule has 6 nitrogen and oxygen atoms in total. The number of amides is 1. The van der Waals surface area contributed by atoms with Crippen molar-refractivity contribution < 1.29 is 9.53 Å². The van der Waals surface area contributed by atoms with Crippen molar-refractivity contribution in [1.29, 1.82) is 0 Å². The van der Waals surface area contributed by atoms with Crippen LogP contribution in [0.15, 0.2) is 54.9 Å². The number of hydrogen-bond acceptors (Lipinski definition) is 5. The summed E-state index contributed by atoms with van der Waals surface area (Å²) in [6.45, 7) is 4.53. The Bertz CT molecular complexity index is 939. The third-order valence-electron chi connectivity index (χ3n) is 4.39. The maximum atomic E-state index is 12.4. The summed E-state index contributed by atoms with van der Waals surface area (Å²) < 4.78 is 5.33. The largest absolute Gasteiger partial charge is 0.496 e. The second-order valence-electron chi connectivity index (χ2n) is 6.15. The van der Waals surface area contributed by atoms with Crippen LogP contribution in [0.2, 0.25) is 0 Å². The van der Waals surface area contributed by atoms with Crippen molar-refractivity contribution in [1.82, 2.24) is 9.97 Å². The fraction of sp³-hybridized carbons (Fsp3) is 0.190. The molecule has 2 N–H and O–H groups in total. The number of aryl methyl sites for hydroxylation is 1. The van der Waals surface area contributed by atoms with Gasteiger partial charge in [-0.2, -0.15) is 0 Å². The predicted octanol–water partition coefficient (Wildman–Crippen LogP) is 3.97. The Labute approximate surface area is 158 Å². The van der Waals surface area contributed by atoms with Gasteiger partial charge >= 0.3 is 0 Å². The minimum atomic E-state index is -0.285. The maximum Gasteiger partial charge on any atom is 0.275 e. The van der Waals surface area contributed by atoms with Gasteiger partial charge in [0.2, 0.25) is 0 Å². The lowest BCUT2D eigenvalue weighted by atomic mass is 10.1. The fourth-order valence-corrected chi connectivity index (χ4v) is 2.64. The zero-order valence-electron chi connectivity index (χ0n) is 15.6. The smallest absolute Gasteiger partial charge is 0.275 e. The molecule has 27 heavy (non-hydrogen) atoms. The summed E-state index contributed by atoms with van der Waals surface area (Å²) in [5.41, 5.74) is 4.21. The highest BCUT2D eigenvalue weighted by atomic mass is 16.5. The number of aromatic nitrogens is 2. The van der Waals surface area contributed by atoms with Crippen LogP contribution in [0.1, 0.15) is 27.2 Å². The Morgan fingerprint density at radius 3 is 2.59 bits per heavy atom. The molecule has 0 aliphatic rings. The maximum absolute atomic E-state index is 12.4. The van der Waals surface area contributed by atoms with Gasteiger partial charge in [-0.05, 0) is 37.1 Å². The first-order valence-electron chi connectivity index (χ1n) is 8.64. The molecule has 0 atom stereocenters. The number of para-hydroxylation sites is 1. The fourth-order valence-electron chi connectivity index (χ4n) is 2.64. The van der Waals surface area contributed by atoms with E-state index in [1.165, 1.54) is 6.20 Å². The van der Waals surface area contributed by atoms with Crippen LogP contribution in [0.5, 0.6) is 5.75 Å². The summed E-state index contributed by atoms with van der Waals surface area (Å²) in [5.74, 6) is 1.11. The van der Waals surface area contributed by atoms with E-state index >= 15 is 0 Å². The quantitative estimate of drug-likeness (QED) is 0.694. The SMILES string of the molecule is COc1ccccc1CNc1cnc(C(=O)Nc2cccc(C)c2C)cn1. The Morgan fingerprint density at radius 1 is 1.04 bits per heavy atom. The molecule has 1 heterocycles. The van der Waals surface area contributed by atoms with E-state index in [1.54, 1.807) is 13.3 Å². The van der Waals surface area contributed by atoms with Crippen molar-refractivity contribution in [3.63, 3.8) is 0 Å². The molecule has 0 fully saturated rings. The highest BCUT2D eigenvalue weighted by Crippen LogP contribution is 2.19. The Kier molecular flexibility index (Phi) is 5.66. The predicted molar refractivity (Wildman–Crippen MR) is 106 cm³/mol. The van der Waals surface area contributed by atoms with Crippen LogP contribution < -0.4 is 15.4 Å². The second kappa shape index (κ2) is 8.31. The first-order chi connectivity index (χ1) is 13.1. The first-order valence-corrected chi connectivity index (χ1v) is 8.64. The molecule has 0 unspecified atom stereocenters. The number of nitrogens with zero attached hydrogens (tertiary/aromatic N) is 2. The number of carbonyl (C=O) groups excluding carboxylic acids is 1. The number of ether oxygens (including phenoxy) is 1. The molecule has 0 saturated carbocycles. The van der Waals surface area contributed by atoms with Crippen molar-refractivity contribution in [2.24, 2.45) is 0 Å². The Morgan fingerprint density at radius 2 is 1.85 bits per heavy atom. The molecule has 3 rings (SSSR count). The average Bonchev–Trinajstić information content (AvgIpc) is 2.70. The number of methoxy groups -OCH3 is 1. The van der Waals surface area contributed by atoms with Crippen LogP contribution in [0, 0.1) is 13.8 Å². The Hall–Kier alpha value is -3.41. The van der Waals surface area contributed by atoms with E-state index in [9.17, 15) is 4.79 Å². The molecule has 6 heteroatoms. The topological polar surface area (TPSA) is 76.1 Å². The lowest BCUT2D eigenvalue weighted by Crippen LogP contribution is -2.15. The number of benzene rings is 2. The third kappa shape index (κ3) is 4.41. The summed E-state index contributed by atoms with van der Waals surface area (Å²) >= 11 is 0. The van der Waals surface area contributed by atoms with Crippen molar-refractivity contribution in [3.8, 4) is 5.75 Å². The normalized spacial score (nSPS) is 10.3. The van der Waals surface area contributed by atoms with E-state index in [2.05, 4.69) is 20.6 Å².